The molecule has 1 aromatic heterocycles. The highest BCUT2D eigenvalue weighted by Crippen LogP contribution is 2.25. The lowest BCUT2D eigenvalue weighted by Crippen LogP contribution is -2.26. The number of carbonyl (C=O) groups is 1. The van der Waals surface area contributed by atoms with Gasteiger partial charge in [0.1, 0.15) is 0 Å². The number of hydrogen-bond acceptors (Lipinski definition) is 2. The number of amides is 1. The van der Waals surface area contributed by atoms with Crippen molar-refractivity contribution in [1.29, 1.82) is 0 Å². The van der Waals surface area contributed by atoms with Crippen LogP contribution >= 0.6 is 0 Å². The van der Waals surface area contributed by atoms with Crippen molar-refractivity contribution in [1.82, 2.24) is 4.98 Å². The van der Waals surface area contributed by atoms with Gasteiger partial charge < -0.3 is 0 Å². The van der Waals surface area contributed by atoms with E-state index in [1.54, 1.807) is 6.08 Å². The van der Waals surface area contributed by atoms with E-state index in [0.717, 1.165) is 0 Å². The molecule has 15 heavy (non-hydrogen) atoms. The van der Waals surface area contributed by atoms with Crippen LogP contribution in [0.2, 0.25) is 0 Å². The molecule has 0 aliphatic carbocycles. The number of anilines is 1. The van der Waals surface area contributed by atoms with Crippen molar-refractivity contribution in [3.63, 3.8) is 0 Å². The normalized spacial score (nSPS) is 20.7. The summed E-state index contributed by atoms with van der Waals surface area (Å²) < 4.78 is 13.4. The molecule has 1 aliphatic rings. The summed E-state index contributed by atoms with van der Waals surface area (Å²) in [5, 5.41) is 0. The summed E-state index contributed by atoms with van der Waals surface area (Å²) in [7, 11) is 0. The Kier molecular flexibility index (Phi) is 2.49. The Morgan fingerprint density at radius 3 is 3.07 bits per heavy atom. The van der Waals surface area contributed by atoms with Crippen molar-refractivity contribution in [2.75, 3.05) is 11.4 Å². The number of pyridine rings is 1. The lowest BCUT2D eigenvalue weighted by atomic mass is 10.1. The van der Waals surface area contributed by atoms with Crippen LogP contribution < -0.4 is 4.90 Å². The molecule has 0 aromatic carbocycles. The number of aromatic nitrogens is 1. The van der Waals surface area contributed by atoms with E-state index >= 15 is 0 Å². The van der Waals surface area contributed by atoms with Gasteiger partial charge in [0.15, 0.2) is 11.6 Å². The fraction of sp³-hybridized carbons (Fsp3) is 0.273. The van der Waals surface area contributed by atoms with Crippen LogP contribution in [-0.2, 0) is 4.79 Å². The smallest absolute Gasteiger partial charge is 0.228 e. The van der Waals surface area contributed by atoms with E-state index < -0.39 is 5.82 Å². The van der Waals surface area contributed by atoms with Crippen LogP contribution in [0.3, 0.4) is 0 Å². The summed E-state index contributed by atoms with van der Waals surface area (Å²) in [4.78, 5) is 16.8. The Balaban J connectivity index is 2.29. The molecular formula is C11H11FN2O. The molecule has 1 aromatic rings. The predicted octanol–water partition coefficient (Wildman–Crippen LogP) is 1.76. The Labute approximate surface area is 87.2 Å². The van der Waals surface area contributed by atoms with Crippen LogP contribution in [-0.4, -0.2) is 17.4 Å². The predicted molar refractivity (Wildman–Crippen MR) is 54.9 cm³/mol. The third-order valence-electron chi connectivity index (χ3n) is 2.48. The third kappa shape index (κ3) is 1.75. The maximum absolute atomic E-state index is 13.4. The molecule has 3 nitrogen and oxygen atoms in total. The second-order valence-corrected chi connectivity index (χ2v) is 3.51. The van der Waals surface area contributed by atoms with Gasteiger partial charge in [-0.05, 0) is 12.1 Å². The van der Waals surface area contributed by atoms with E-state index in [0.29, 0.717) is 13.0 Å². The summed E-state index contributed by atoms with van der Waals surface area (Å²) >= 11 is 0. The van der Waals surface area contributed by atoms with E-state index in [1.807, 2.05) is 0 Å². The molecule has 1 atom stereocenters. The fourth-order valence-corrected chi connectivity index (χ4v) is 1.67. The van der Waals surface area contributed by atoms with Crippen molar-refractivity contribution >= 4 is 11.7 Å². The molecule has 1 unspecified atom stereocenters. The second kappa shape index (κ2) is 3.81. The summed E-state index contributed by atoms with van der Waals surface area (Å²) in [6, 6.07) is 2.81. The molecule has 1 amide bonds. The molecule has 0 N–H and O–H groups in total. The monoisotopic (exact) mass is 206 g/mol. The van der Waals surface area contributed by atoms with E-state index in [2.05, 4.69) is 11.6 Å². The van der Waals surface area contributed by atoms with Gasteiger partial charge in [-0.3, -0.25) is 9.69 Å². The first-order valence-electron chi connectivity index (χ1n) is 4.76. The molecule has 0 bridgehead atoms. The summed E-state index contributed by atoms with van der Waals surface area (Å²) in [6.07, 6.45) is 3.59. The number of halogens is 1. The Hall–Kier alpha value is -1.71. The zero-order valence-electron chi connectivity index (χ0n) is 8.19. The minimum atomic E-state index is -0.462. The lowest BCUT2D eigenvalue weighted by Gasteiger charge is -2.14. The molecule has 0 saturated carbocycles. The molecule has 2 heterocycles. The van der Waals surface area contributed by atoms with Gasteiger partial charge in [0.05, 0.1) is 0 Å². The van der Waals surface area contributed by atoms with Crippen LogP contribution in [0.4, 0.5) is 10.2 Å². The van der Waals surface area contributed by atoms with Gasteiger partial charge in [-0.1, -0.05) is 6.08 Å². The minimum absolute atomic E-state index is 0.0962. The van der Waals surface area contributed by atoms with Crippen LogP contribution in [0.5, 0.6) is 0 Å². The van der Waals surface area contributed by atoms with E-state index in [4.69, 9.17) is 0 Å². The van der Waals surface area contributed by atoms with Gasteiger partial charge in [0.2, 0.25) is 5.91 Å². The highest BCUT2D eigenvalue weighted by molar-refractivity contribution is 5.95. The Morgan fingerprint density at radius 1 is 1.67 bits per heavy atom. The third-order valence-corrected chi connectivity index (χ3v) is 2.48. The molecule has 4 heteroatoms. The number of nitrogens with zero attached hydrogens (tertiary/aromatic N) is 2. The zero-order valence-corrected chi connectivity index (χ0v) is 8.19. The Bertz CT molecular complexity index is 405. The van der Waals surface area contributed by atoms with Crippen LogP contribution in [0.15, 0.2) is 31.0 Å². The van der Waals surface area contributed by atoms with E-state index in [1.165, 1.54) is 23.2 Å². The van der Waals surface area contributed by atoms with Gasteiger partial charge in [0.25, 0.3) is 0 Å². The average molecular weight is 206 g/mol. The molecule has 0 spiro atoms. The number of carbonyl (C=O) groups excluding carboxylic acids is 1. The first-order chi connectivity index (χ1) is 7.22. The topological polar surface area (TPSA) is 33.2 Å². The average Bonchev–Trinajstić information content (AvgIpc) is 2.60. The first-order valence-corrected chi connectivity index (χ1v) is 4.76. The largest absolute Gasteiger partial charge is 0.294 e. The van der Waals surface area contributed by atoms with Crippen LogP contribution in [0.1, 0.15) is 6.42 Å². The highest BCUT2D eigenvalue weighted by atomic mass is 19.1. The maximum Gasteiger partial charge on any atom is 0.228 e. The van der Waals surface area contributed by atoms with Gasteiger partial charge in [-0.2, -0.15) is 0 Å². The van der Waals surface area contributed by atoms with Crippen molar-refractivity contribution in [2.24, 2.45) is 5.92 Å². The lowest BCUT2D eigenvalue weighted by molar-refractivity contribution is -0.117. The standard InChI is InChI=1S/C11H11FN2O/c1-2-8-6-10(15)14(7-8)11-9(12)4-3-5-13-11/h2-5,8H,1,6-7H2. The summed E-state index contributed by atoms with van der Waals surface area (Å²) in [6.45, 7) is 4.10. The van der Waals surface area contributed by atoms with Crippen molar-refractivity contribution in [3.8, 4) is 0 Å². The van der Waals surface area contributed by atoms with Crippen LogP contribution in [0.25, 0.3) is 0 Å². The maximum atomic E-state index is 13.4. The molecule has 0 radical (unpaired) electrons. The molecule has 78 valence electrons. The van der Waals surface area contributed by atoms with Crippen molar-refractivity contribution in [2.45, 2.75) is 6.42 Å². The summed E-state index contributed by atoms with van der Waals surface area (Å²) in [5.41, 5.74) is 0. The minimum Gasteiger partial charge on any atom is -0.294 e. The van der Waals surface area contributed by atoms with Gasteiger partial charge in [-0.25, -0.2) is 9.37 Å². The Morgan fingerprint density at radius 2 is 2.47 bits per heavy atom. The van der Waals surface area contributed by atoms with Crippen molar-refractivity contribution in [3.05, 3.63) is 36.8 Å². The molecule has 1 fully saturated rings. The molecule has 1 aliphatic heterocycles. The second-order valence-electron chi connectivity index (χ2n) is 3.51. The van der Waals surface area contributed by atoms with Crippen molar-refractivity contribution < 1.29 is 9.18 Å². The van der Waals surface area contributed by atoms with E-state index in [-0.39, 0.29) is 17.6 Å². The quantitative estimate of drug-likeness (QED) is 0.691. The fourth-order valence-electron chi connectivity index (χ4n) is 1.67. The first kappa shape index (κ1) is 9.83. The SMILES string of the molecule is C=CC1CC(=O)N(c2ncccc2F)C1. The number of rotatable bonds is 2. The molecule has 1 saturated heterocycles. The van der Waals surface area contributed by atoms with E-state index in [9.17, 15) is 9.18 Å². The zero-order chi connectivity index (χ0) is 10.8. The van der Waals surface area contributed by atoms with Crippen LogP contribution in [0, 0.1) is 11.7 Å². The molecule has 2 rings (SSSR count). The number of hydrogen-bond donors (Lipinski definition) is 0. The molecular weight excluding hydrogens is 195 g/mol. The van der Waals surface area contributed by atoms with Gasteiger partial charge >= 0.3 is 0 Å². The highest BCUT2D eigenvalue weighted by Gasteiger charge is 2.30. The summed E-state index contributed by atoms with van der Waals surface area (Å²) in [5.74, 6) is -0.348. The van der Waals surface area contributed by atoms with Gasteiger partial charge in [-0.15, -0.1) is 6.58 Å². The van der Waals surface area contributed by atoms with Gasteiger partial charge in [0, 0.05) is 25.1 Å².